The number of allylic oxidation sites excluding steroid dienone is 3. The normalized spacial score (nSPS) is 11.7. The van der Waals surface area contributed by atoms with Crippen molar-refractivity contribution in [3.8, 4) is 0 Å². The van der Waals surface area contributed by atoms with Crippen LogP contribution in [0.2, 0.25) is 0 Å². The van der Waals surface area contributed by atoms with E-state index in [1.54, 1.807) is 29.2 Å². The zero-order valence-electron chi connectivity index (χ0n) is 10.7. The molecule has 1 heterocycles. The summed E-state index contributed by atoms with van der Waals surface area (Å²) in [5, 5.41) is 2.83. The van der Waals surface area contributed by atoms with Crippen LogP contribution >= 0.6 is 23.1 Å². The number of benzene rings is 1. The molecule has 0 radical (unpaired) electrons. The van der Waals surface area contributed by atoms with Crippen LogP contribution in [0, 0.1) is 0 Å². The number of thioether (sulfide) groups is 1. The van der Waals surface area contributed by atoms with Crippen molar-refractivity contribution in [3.63, 3.8) is 0 Å². The molecule has 2 rings (SSSR count). The molecular weight excluding hydrogens is 276 g/mol. The maximum absolute atomic E-state index is 11.6. The van der Waals surface area contributed by atoms with Crippen LogP contribution < -0.4 is 5.32 Å². The average molecular weight is 290 g/mol. The van der Waals surface area contributed by atoms with Gasteiger partial charge >= 0.3 is 0 Å². The van der Waals surface area contributed by atoms with Crippen molar-refractivity contribution in [1.29, 1.82) is 0 Å². The first-order chi connectivity index (χ1) is 9.22. The van der Waals surface area contributed by atoms with Gasteiger partial charge in [0.15, 0.2) is 4.34 Å². The van der Waals surface area contributed by atoms with Crippen LogP contribution in [0.1, 0.15) is 6.92 Å². The van der Waals surface area contributed by atoms with E-state index in [-0.39, 0.29) is 5.91 Å². The van der Waals surface area contributed by atoms with Gasteiger partial charge < -0.3 is 5.32 Å². The number of thiazole rings is 1. The fourth-order valence-corrected chi connectivity index (χ4v) is 3.04. The first-order valence-electron chi connectivity index (χ1n) is 5.78. The molecule has 1 aromatic heterocycles. The molecule has 0 saturated heterocycles. The minimum absolute atomic E-state index is 0.132. The van der Waals surface area contributed by atoms with Gasteiger partial charge in [-0.3, -0.25) is 4.79 Å². The van der Waals surface area contributed by atoms with E-state index in [9.17, 15) is 4.79 Å². The van der Waals surface area contributed by atoms with Gasteiger partial charge in [-0.2, -0.15) is 0 Å². The zero-order valence-corrected chi connectivity index (χ0v) is 12.3. The number of anilines is 1. The third-order valence-electron chi connectivity index (χ3n) is 2.36. The molecule has 0 aliphatic rings. The van der Waals surface area contributed by atoms with Gasteiger partial charge in [0.2, 0.25) is 5.91 Å². The molecule has 0 bridgehead atoms. The van der Waals surface area contributed by atoms with Gasteiger partial charge in [0, 0.05) is 11.8 Å². The number of carbonyl (C=O) groups is 1. The highest BCUT2D eigenvalue weighted by molar-refractivity contribution is 8.00. The van der Waals surface area contributed by atoms with Crippen LogP contribution in [0.5, 0.6) is 0 Å². The summed E-state index contributed by atoms with van der Waals surface area (Å²) in [5.41, 5.74) is 1.76. The number of hydrogen-bond donors (Lipinski definition) is 1. The van der Waals surface area contributed by atoms with E-state index in [1.165, 1.54) is 6.08 Å². The molecule has 98 valence electrons. The van der Waals surface area contributed by atoms with Gasteiger partial charge in [-0.15, -0.1) is 11.3 Å². The minimum Gasteiger partial charge on any atom is -0.322 e. The van der Waals surface area contributed by atoms with E-state index >= 15 is 0 Å². The average Bonchev–Trinajstić information content (AvgIpc) is 2.81. The molecule has 0 aliphatic carbocycles. The molecule has 0 spiro atoms. The van der Waals surface area contributed by atoms with Crippen LogP contribution in [0.4, 0.5) is 5.69 Å². The second-order valence-electron chi connectivity index (χ2n) is 3.74. The first-order valence-corrected chi connectivity index (χ1v) is 7.82. The van der Waals surface area contributed by atoms with E-state index in [1.807, 2.05) is 43.5 Å². The summed E-state index contributed by atoms with van der Waals surface area (Å²) in [5.74, 6) is -0.132. The Morgan fingerprint density at radius 3 is 3.00 bits per heavy atom. The third-order valence-corrected chi connectivity index (χ3v) is 4.37. The number of amides is 1. The fraction of sp³-hybridized carbons (Fsp3) is 0.143. The molecule has 0 unspecified atom stereocenters. The predicted octanol–water partition coefficient (Wildman–Crippen LogP) is 4.09. The molecule has 19 heavy (non-hydrogen) atoms. The minimum atomic E-state index is -0.132. The van der Waals surface area contributed by atoms with Gasteiger partial charge in [0.1, 0.15) is 0 Å². The van der Waals surface area contributed by atoms with Gasteiger partial charge in [-0.05, 0) is 31.4 Å². The van der Waals surface area contributed by atoms with Crippen molar-refractivity contribution in [2.75, 3.05) is 11.6 Å². The Bertz CT molecular complexity index is 644. The number of aromatic nitrogens is 1. The lowest BCUT2D eigenvalue weighted by Crippen LogP contribution is -2.07. The summed E-state index contributed by atoms with van der Waals surface area (Å²) in [6, 6.07) is 5.75. The molecule has 0 aliphatic heterocycles. The number of hydrogen-bond acceptors (Lipinski definition) is 4. The zero-order chi connectivity index (χ0) is 13.7. The maximum Gasteiger partial charge on any atom is 0.248 e. The standard InChI is InChI=1S/C14H14N2OS2/c1-3-4-5-6-13(17)15-10-7-8-11-12(9-10)19-14(16-11)18-2/h3-9H,1-2H3,(H,15,17)/b4-3+,6-5-. The van der Waals surface area contributed by atoms with Crippen LogP contribution in [-0.2, 0) is 4.79 Å². The molecule has 3 nitrogen and oxygen atoms in total. The van der Waals surface area contributed by atoms with Crippen molar-refractivity contribution < 1.29 is 4.79 Å². The maximum atomic E-state index is 11.6. The van der Waals surface area contributed by atoms with Crippen LogP contribution in [0.15, 0.2) is 46.8 Å². The summed E-state index contributed by atoms with van der Waals surface area (Å²) in [7, 11) is 0. The van der Waals surface area contributed by atoms with Crippen LogP contribution in [0.25, 0.3) is 10.2 Å². The molecular formula is C14H14N2OS2. The second kappa shape index (κ2) is 6.54. The Labute approximate surface area is 120 Å². The number of rotatable bonds is 4. The summed E-state index contributed by atoms with van der Waals surface area (Å²) in [4.78, 5) is 16.1. The molecule has 5 heteroatoms. The Morgan fingerprint density at radius 1 is 1.42 bits per heavy atom. The Kier molecular flexibility index (Phi) is 4.76. The van der Waals surface area contributed by atoms with Gasteiger partial charge in [0.25, 0.3) is 0 Å². The van der Waals surface area contributed by atoms with Crippen LogP contribution in [0.3, 0.4) is 0 Å². The Balaban J connectivity index is 2.14. The number of fused-ring (bicyclic) bond motifs is 1. The molecule has 0 fully saturated rings. The highest BCUT2D eigenvalue weighted by Crippen LogP contribution is 2.29. The van der Waals surface area contributed by atoms with Gasteiger partial charge in [-0.25, -0.2) is 4.98 Å². The van der Waals surface area contributed by atoms with E-state index < -0.39 is 0 Å². The summed E-state index contributed by atoms with van der Waals surface area (Å²) in [6.07, 6.45) is 8.91. The molecule has 1 N–H and O–H groups in total. The van der Waals surface area contributed by atoms with Crippen molar-refractivity contribution in [2.45, 2.75) is 11.3 Å². The molecule has 2 aromatic rings. The summed E-state index contributed by atoms with van der Waals surface area (Å²) in [6.45, 7) is 1.91. The molecule has 1 amide bonds. The topological polar surface area (TPSA) is 42.0 Å². The van der Waals surface area contributed by atoms with Gasteiger partial charge in [-0.1, -0.05) is 30.0 Å². The number of nitrogens with zero attached hydrogens (tertiary/aromatic N) is 1. The first kappa shape index (κ1) is 13.8. The van der Waals surface area contributed by atoms with Crippen molar-refractivity contribution in [3.05, 3.63) is 42.5 Å². The van der Waals surface area contributed by atoms with Crippen molar-refractivity contribution in [1.82, 2.24) is 4.98 Å². The SMILES string of the molecule is C/C=C/C=C\C(=O)Nc1ccc2nc(SC)sc2c1. The number of carbonyl (C=O) groups excluding carboxylic acids is 1. The fourth-order valence-electron chi connectivity index (χ4n) is 1.51. The van der Waals surface area contributed by atoms with Crippen LogP contribution in [-0.4, -0.2) is 17.1 Å². The highest BCUT2D eigenvalue weighted by Gasteiger charge is 2.04. The smallest absolute Gasteiger partial charge is 0.248 e. The second-order valence-corrected chi connectivity index (χ2v) is 5.82. The van der Waals surface area contributed by atoms with Crippen molar-refractivity contribution >= 4 is 44.9 Å². The lowest BCUT2D eigenvalue weighted by Gasteiger charge is -2.01. The quantitative estimate of drug-likeness (QED) is 0.524. The monoisotopic (exact) mass is 290 g/mol. The van der Waals surface area contributed by atoms with E-state index in [4.69, 9.17) is 0 Å². The van der Waals surface area contributed by atoms with E-state index in [0.29, 0.717) is 0 Å². The summed E-state index contributed by atoms with van der Waals surface area (Å²) < 4.78 is 2.12. The van der Waals surface area contributed by atoms with E-state index in [2.05, 4.69) is 10.3 Å². The lowest BCUT2D eigenvalue weighted by atomic mass is 10.3. The number of nitrogens with one attached hydrogen (secondary N) is 1. The summed E-state index contributed by atoms with van der Waals surface area (Å²) >= 11 is 3.26. The highest BCUT2D eigenvalue weighted by atomic mass is 32.2. The Hall–Kier alpha value is -1.59. The third kappa shape index (κ3) is 3.68. The molecule has 0 saturated carbocycles. The largest absolute Gasteiger partial charge is 0.322 e. The molecule has 1 aromatic carbocycles. The lowest BCUT2D eigenvalue weighted by molar-refractivity contribution is -0.111. The molecule has 0 atom stereocenters. The van der Waals surface area contributed by atoms with Gasteiger partial charge in [0.05, 0.1) is 10.2 Å². The van der Waals surface area contributed by atoms with Crippen molar-refractivity contribution in [2.24, 2.45) is 0 Å². The predicted molar refractivity (Wildman–Crippen MR) is 84.0 cm³/mol. The van der Waals surface area contributed by atoms with E-state index in [0.717, 1.165) is 20.2 Å². The Morgan fingerprint density at radius 2 is 2.26 bits per heavy atom.